The Morgan fingerprint density at radius 1 is 0.569 bits per heavy atom. The van der Waals surface area contributed by atoms with Gasteiger partial charge in [-0.2, -0.15) is 0 Å². The number of esters is 1. The first-order chi connectivity index (χ1) is 31.8. The van der Waals surface area contributed by atoms with E-state index in [1.54, 1.807) is 12.1 Å². The fourth-order valence-corrected chi connectivity index (χ4v) is 7.01. The standard InChI is InChI=1S/C47H75N3O15/c1-2-3-4-5-6-7-8-9-12-18-43(53)65-37-36-64-35-34-63-33-32-62-31-30-61-29-28-60-27-26-59-25-24-58-23-22-57-21-13-10-11-17-41(51)48-39-16-14-15-38-44(39)47(56)50(46(38)55)40-19-20-42(52)49-45(40)54/h14-16,40H,2-13,17-37H2,1H3,(H,48,51)(H,49,52,54). The van der Waals surface area contributed by atoms with Crippen LogP contribution in [-0.2, 0) is 61.8 Å². The molecule has 368 valence electrons. The first kappa shape index (κ1) is 55.4. The van der Waals surface area contributed by atoms with E-state index in [1.807, 2.05) is 0 Å². The van der Waals surface area contributed by atoms with Gasteiger partial charge in [-0.1, -0.05) is 70.8 Å². The third kappa shape index (κ3) is 24.5. The lowest BCUT2D eigenvalue weighted by Crippen LogP contribution is -2.54. The number of imide groups is 2. The number of amides is 5. The topological polar surface area (TPSA) is 213 Å². The van der Waals surface area contributed by atoms with E-state index in [4.69, 9.17) is 42.6 Å². The third-order valence-corrected chi connectivity index (χ3v) is 10.5. The van der Waals surface area contributed by atoms with E-state index in [0.717, 1.165) is 30.6 Å². The van der Waals surface area contributed by atoms with Crippen molar-refractivity contribution < 1.29 is 71.4 Å². The van der Waals surface area contributed by atoms with Gasteiger partial charge in [-0.25, -0.2) is 0 Å². The number of nitrogens with one attached hydrogen (secondary N) is 2. The van der Waals surface area contributed by atoms with Crippen LogP contribution in [0.2, 0.25) is 0 Å². The smallest absolute Gasteiger partial charge is 0.305 e. The summed E-state index contributed by atoms with van der Waals surface area (Å²) in [7, 11) is 0. The molecule has 1 fully saturated rings. The summed E-state index contributed by atoms with van der Waals surface area (Å²) in [5.41, 5.74) is 0.378. The number of unbranched alkanes of at least 4 members (excludes halogenated alkanes) is 10. The van der Waals surface area contributed by atoms with Gasteiger partial charge in [0.2, 0.25) is 17.7 Å². The largest absolute Gasteiger partial charge is 0.463 e. The number of anilines is 1. The molecule has 0 aliphatic carbocycles. The second-order valence-electron chi connectivity index (χ2n) is 15.7. The maximum absolute atomic E-state index is 13.2. The molecule has 2 heterocycles. The van der Waals surface area contributed by atoms with E-state index in [9.17, 15) is 28.8 Å². The van der Waals surface area contributed by atoms with E-state index in [2.05, 4.69) is 17.6 Å². The molecule has 0 spiro atoms. The van der Waals surface area contributed by atoms with Crippen LogP contribution in [-0.4, -0.2) is 159 Å². The SMILES string of the molecule is CCCCCCCCCCCC(=O)OCCOCCOCCOCCOCCOCCOCCOCCOCCCCCC(=O)Nc1cccc2c1C(=O)N(C1CCC(=O)NC1=O)C2=O. The van der Waals surface area contributed by atoms with Crippen LogP contribution in [0, 0.1) is 0 Å². The molecule has 1 unspecified atom stereocenters. The van der Waals surface area contributed by atoms with Gasteiger partial charge < -0.3 is 47.9 Å². The number of hydrogen-bond acceptors (Lipinski definition) is 15. The lowest BCUT2D eigenvalue weighted by Gasteiger charge is -2.27. The van der Waals surface area contributed by atoms with Crippen LogP contribution >= 0.6 is 0 Å². The highest BCUT2D eigenvalue weighted by atomic mass is 16.6. The molecule has 18 heteroatoms. The van der Waals surface area contributed by atoms with Crippen LogP contribution < -0.4 is 10.6 Å². The number of fused-ring (bicyclic) bond motifs is 1. The molecule has 2 aliphatic rings. The molecule has 65 heavy (non-hydrogen) atoms. The Morgan fingerprint density at radius 2 is 1.03 bits per heavy atom. The fraction of sp³-hybridized carbons (Fsp3) is 0.745. The summed E-state index contributed by atoms with van der Waals surface area (Å²) < 4.78 is 49.3. The van der Waals surface area contributed by atoms with Crippen molar-refractivity contribution in [2.24, 2.45) is 0 Å². The molecule has 1 saturated heterocycles. The molecule has 2 aliphatic heterocycles. The first-order valence-electron chi connectivity index (χ1n) is 23.8. The predicted molar refractivity (Wildman–Crippen MR) is 240 cm³/mol. The summed E-state index contributed by atoms with van der Waals surface area (Å²) in [5, 5.41) is 4.91. The van der Waals surface area contributed by atoms with Crippen molar-refractivity contribution >= 4 is 41.2 Å². The van der Waals surface area contributed by atoms with Gasteiger partial charge in [-0.3, -0.25) is 39.0 Å². The van der Waals surface area contributed by atoms with E-state index in [0.29, 0.717) is 119 Å². The fourth-order valence-electron chi connectivity index (χ4n) is 7.01. The molecule has 1 aromatic carbocycles. The predicted octanol–water partition coefficient (Wildman–Crippen LogP) is 5.18. The molecule has 5 amide bonds. The highest BCUT2D eigenvalue weighted by Gasteiger charge is 2.45. The van der Waals surface area contributed by atoms with E-state index >= 15 is 0 Å². The summed E-state index contributed by atoms with van der Waals surface area (Å²) in [6.07, 6.45) is 13.9. The van der Waals surface area contributed by atoms with Crippen molar-refractivity contribution in [2.45, 2.75) is 116 Å². The number of nitrogens with zero attached hydrogens (tertiary/aromatic N) is 1. The second-order valence-corrected chi connectivity index (χ2v) is 15.7. The Hall–Kier alpha value is -3.88. The summed E-state index contributed by atoms with van der Waals surface area (Å²) in [6, 6.07) is 3.53. The van der Waals surface area contributed by atoms with Crippen LogP contribution in [0.1, 0.15) is 130 Å². The van der Waals surface area contributed by atoms with Crippen molar-refractivity contribution in [2.75, 3.05) is 118 Å². The second kappa shape index (κ2) is 36.3. The van der Waals surface area contributed by atoms with Gasteiger partial charge in [0, 0.05) is 25.9 Å². The zero-order valence-electron chi connectivity index (χ0n) is 38.7. The highest BCUT2D eigenvalue weighted by Crippen LogP contribution is 2.32. The zero-order valence-corrected chi connectivity index (χ0v) is 38.7. The molecule has 0 saturated carbocycles. The van der Waals surface area contributed by atoms with Crippen molar-refractivity contribution in [3.63, 3.8) is 0 Å². The number of carbonyl (C=O) groups excluding carboxylic acids is 6. The third-order valence-electron chi connectivity index (χ3n) is 10.5. The molecule has 3 rings (SSSR count). The van der Waals surface area contributed by atoms with Gasteiger partial charge in [0.25, 0.3) is 11.8 Å². The molecule has 0 bridgehead atoms. The number of rotatable bonds is 42. The molecular weight excluding hydrogens is 847 g/mol. The van der Waals surface area contributed by atoms with Gasteiger partial charge in [0.1, 0.15) is 12.6 Å². The molecule has 0 radical (unpaired) electrons. The van der Waals surface area contributed by atoms with E-state index in [1.165, 1.54) is 51.0 Å². The monoisotopic (exact) mass is 922 g/mol. The molecule has 2 N–H and O–H groups in total. The first-order valence-corrected chi connectivity index (χ1v) is 23.8. The van der Waals surface area contributed by atoms with Gasteiger partial charge in [0.05, 0.1) is 116 Å². The lowest BCUT2D eigenvalue weighted by molar-refractivity contribution is -0.145. The quantitative estimate of drug-likeness (QED) is 0.0491. The number of ether oxygens (including phenoxy) is 9. The van der Waals surface area contributed by atoms with Gasteiger partial charge in [-0.15, -0.1) is 0 Å². The summed E-state index contributed by atoms with van der Waals surface area (Å²) in [4.78, 5) is 75.4. The Labute approximate surface area is 384 Å². The Bertz CT molecular complexity index is 1530. The molecular formula is C47H75N3O15. The van der Waals surface area contributed by atoms with Crippen molar-refractivity contribution in [1.82, 2.24) is 10.2 Å². The van der Waals surface area contributed by atoms with Crippen molar-refractivity contribution in [3.8, 4) is 0 Å². The summed E-state index contributed by atoms with van der Waals surface area (Å²) in [5.74, 6) is -2.87. The van der Waals surface area contributed by atoms with Crippen LogP contribution in [0.3, 0.4) is 0 Å². The number of hydrogen-bond donors (Lipinski definition) is 2. The molecule has 1 atom stereocenters. The maximum atomic E-state index is 13.2. The zero-order chi connectivity index (χ0) is 46.6. The van der Waals surface area contributed by atoms with Crippen LogP contribution in [0.5, 0.6) is 0 Å². The van der Waals surface area contributed by atoms with Crippen LogP contribution in [0.15, 0.2) is 18.2 Å². The highest BCUT2D eigenvalue weighted by molar-refractivity contribution is 6.26. The maximum Gasteiger partial charge on any atom is 0.305 e. The minimum atomic E-state index is -1.08. The number of benzene rings is 1. The number of piperidine rings is 1. The normalized spacial score (nSPS) is 14.8. The van der Waals surface area contributed by atoms with Gasteiger partial charge in [0.15, 0.2) is 0 Å². The number of carbonyl (C=O) groups is 6. The summed E-state index contributed by atoms with van der Waals surface area (Å²) >= 11 is 0. The van der Waals surface area contributed by atoms with Crippen molar-refractivity contribution in [1.29, 1.82) is 0 Å². The summed E-state index contributed by atoms with van der Waals surface area (Å²) in [6.45, 7) is 9.73. The Morgan fingerprint density at radius 3 is 1.55 bits per heavy atom. The van der Waals surface area contributed by atoms with Crippen molar-refractivity contribution in [3.05, 3.63) is 29.3 Å². The molecule has 18 nitrogen and oxygen atoms in total. The van der Waals surface area contributed by atoms with Gasteiger partial charge in [-0.05, 0) is 37.8 Å². The molecule has 1 aromatic rings. The van der Waals surface area contributed by atoms with Gasteiger partial charge >= 0.3 is 5.97 Å². The average Bonchev–Trinajstić information content (AvgIpc) is 3.55. The average molecular weight is 922 g/mol. The Kier molecular flexibility index (Phi) is 30.9. The Balaban J connectivity index is 0.984. The van der Waals surface area contributed by atoms with Crippen LogP contribution in [0.4, 0.5) is 5.69 Å². The van der Waals surface area contributed by atoms with E-state index < -0.39 is 29.7 Å². The van der Waals surface area contributed by atoms with E-state index in [-0.39, 0.29) is 54.6 Å². The lowest BCUT2D eigenvalue weighted by atomic mass is 10.0. The minimum Gasteiger partial charge on any atom is -0.463 e. The minimum absolute atomic E-state index is 0.0266. The molecule has 0 aromatic heterocycles. The van der Waals surface area contributed by atoms with Crippen LogP contribution in [0.25, 0.3) is 0 Å².